The van der Waals surface area contributed by atoms with Gasteiger partial charge in [0.1, 0.15) is 11.6 Å². The zero-order valence-corrected chi connectivity index (χ0v) is 16.2. The smallest absolute Gasteiger partial charge is 0.378 e. The van der Waals surface area contributed by atoms with E-state index in [0.29, 0.717) is 16.9 Å². The van der Waals surface area contributed by atoms with Gasteiger partial charge in [0.2, 0.25) is 10.0 Å². The summed E-state index contributed by atoms with van der Waals surface area (Å²) in [5, 5.41) is 6.31. The van der Waals surface area contributed by atoms with Crippen LogP contribution in [0.1, 0.15) is 34.5 Å². The summed E-state index contributed by atoms with van der Waals surface area (Å²) in [6.07, 6.45) is 0. The number of benzene rings is 1. The van der Waals surface area contributed by atoms with Crippen LogP contribution in [0.3, 0.4) is 0 Å². The van der Waals surface area contributed by atoms with Gasteiger partial charge in [0.15, 0.2) is 0 Å². The number of H-pyrrole nitrogens is 1. The van der Waals surface area contributed by atoms with E-state index in [0.717, 1.165) is 4.31 Å². The van der Waals surface area contributed by atoms with Crippen LogP contribution < -0.4 is 4.74 Å². The molecular formula is C16H22N4O5S. The molecule has 10 heteroatoms. The van der Waals surface area contributed by atoms with Gasteiger partial charge in [-0.15, -0.1) is 5.10 Å². The van der Waals surface area contributed by atoms with Crippen LogP contribution in [0.4, 0.5) is 0 Å². The maximum atomic E-state index is 13.0. The molecular weight excluding hydrogens is 360 g/mol. The number of ether oxygens (including phenoxy) is 2. The summed E-state index contributed by atoms with van der Waals surface area (Å²) in [6.45, 7) is 5.23. The number of carbonyl (C=O) groups is 1. The van der Waals surface area contributed by atoms with Crippen molar-refractivity contribution in [2.45, 2.75) is 32.2 Å². The lowest BCUT2D eigenvalue weighted by Gasteiger charge is -2.19. The van der Waals surface area contributed by atoms with Crippen molar-refractivity contribution >= 4 is 16.0 Å². The Bertz CT molecular complexity index is 884. The number of sulfonamides is 1. The first-order valence-electron chi connectivity index (χ1n) is 7.90. The number of hydrogen-bond donors (Lipinski definition) is 1. The molecule has 1 aromatic carbocycles. The topological polar surface area (TPSA) is 114 Å². The minimum Gasteiger partial charge on any atom is -0.497 e. The molecule has 0 radical (unpaired) electrons. The van der Waals surface area contributed by atoms with Crippen LogP contribution in [0.15, 0.2) is 17.0 Å². The number of esters is 1. The molecule has 26 heavy (non-hydrogen) atoms. The van der Waals surface area contributed by atoms with Crippen LogP contribution in [-0.4, -0.2) is 54.6 Å². The van der Waals surface area contributed by atoms with Gasteiger partial charge in [-0.1, -0.05) is 0 Å². The van der Waals surface area contributed by atoms with E-state index in [1.807, 2.05) is 0 Å². The van der Waals surface area contributed by atoms with E-state index in [2.05, 4.69) is 15.2 Å². The molecule has 1 aromatic heterocycles. The van der Waals surface area contributed by atoms with Crippen LogP contribution in [0.25, 0.3) is 0 Å². The number of methoxy groups -OCH3 is 1. The number of aromatic amines is 1. The minimum atomic E-state index is -3.77. The van der Waals surface area contributed by atoms with Gasteiger partial charge in [0, 0.05) is 7.05 Å². The van der Waals surface area contributed by atoms with Crippen LogP contribution in [0.2, 0.25) is 0 Å². The van der Waals surface area contributed by atoms with Gasteiger partial charge in [-0.05, 0) is 44.0 Å². The van der Waals surface area contributed by atoms with E-state index >= 15 is 0 Å². The Labute approximate surface area is 152 Å². The van der Waals surface area contributed by atoms with Gasteiger partial charge in [-0.25, -0.2) is 18.2 Å². The molecule has 0 spiro atoms. The van der Waals surface area contributed by atoms with Crippen molar-refractivity contribution in [2.75, 3.05) is 20.8 Å². The highest BCUT2D eigenvalue weighted by Crippen LogP contribution is 2.28. The zero-order chi connectivity index (χ0) is 19.5. The molecule has 0 atom stereocenters. The molecule has 0 saturated carbocycles. The molecule has 0 unspecified atom stereocenters. The number of nitrogens with zero attached hydrogens (tertiary/aromatic N) is 3. The minimum absolute atomic E-state index is 0.0698. The first-order chi connectivity index (χ1) is 12.2. The highest BCUT2D eigenvalue weighted by molar-refractivity contribution is 7.89. The second-order valence-corrected chi connectivity index (χ2v) is 7.66. The standard InChI is InChI=1S/C16H22N4O5S/c1-6-25-16(21)15-17-13(18-19-15)9-20(4)26(22,23)14-10(2)7-12(24-5)8-11(14)3/h7-8H,6,9H2,1-5H3,(H,17,18,19). The lowest BCUT2D eigenvalue weighted by molar-refractivity contribution is 0.0512. The molecule has 0 aliphatic carbocycles. The van der Waals surface area contributed by atoms with Crippen LogP contribution >= 0.6 is 0 Å². The first kappa shape index (κ1) is 19.9. The Hall–Kier alpha value is -2.46. The summed E-state index contributed by atoms with van der Waals surface area (Å²) in [5.41, 5.74) is 1.16. The summed E-state index contributed by atoms with van der Waals surface area (Å²) in [4.78, 5) is 15.8. The first-order valence-corrected chi connectivity index (χ1v) is 9.34. The molecule has 0 saturated heterocycles. The lowest BCUT2D eigenvalue weighted by atomic mass is 10.1. The summed E-state index contributed by atoms with van der Waals surface area (Å²) < 4.78 is 37.0. The predicted octanol–water partition coefficient (Wildman–Crippen LogP) is 1.43. The average molecular weight is 382 g/mol. The fourth-order valence-corrected chi connectivity index (χ4v) is 4.08. The van der Waals surface area contributed by atoms with Crippen LogP contribution in [0, 0.1) is 13.8 Å². The highest BCUT2D eigenvalue weighted by Gasteiger charge is 2.27. The maximum Gasteiger partial charge on any atom is 0.378 e. The number of carbonyl (C=O) groups excluding carboxylic acids is 1. The normalized spacial score (nSPS) is 11.6. The monoisotopic (exact) mass is 382 g/mol. The highest BCUT2D eigenvalue weighted by atomic mass is 32.2. The van der Waals surface area contributed by atoms with Crippen molar-refractivity contribution in [1.29, 1.82) is 0 Å². The number of aromatic nitrogens is 3. The second kappa shape index (κ2) is 7.83. The van der Waals surface area contributed by atoms with E-state index < -0.39 is 16.0 Å². The van der Waals surface area contributed by atoms with Crippen LogP contribution in [0.5, 0.6) is 5.75 Å². The lowest BCUT2D eigenvalue weighted by Crippen LogP contribution is -2.28. The SMILES string of the molecule is CCOC(=O)c1n[nH]c(CN(C)S(=O)(=O)c2c(C)cc(OC)cc2C)n1. The zero-order valence-electron chi connectivity index (χ0n) is 15.4. The van der Waals surface area contributed by atoms with Crippen molar-refractivity contribution in [2.24, 2.45) is 0 Å². The molecule has 1 heterocycles. The van der Waals surface area contributed by atoms with Crippen LogP contribution in [-0.2, 0) is 21.3 Å². The quantitative estimate of drug-likeness (QED) is 0.720. The molecule has 0 bridgehead atoms. The molecule has 142 valence electrons. The summed E-state index contributed by atoms with van der Waals surface area (Å²) in [7, 11) is -0.808. The fourth-order valence-electron chi connectivity index (χ4n) is 2.54. The van der Waals surface area contributed by atoms with Gasteiger partial charge in [0.25, 0.3) is 5.82 Å². The molecule has 1 N–H and O–H groups in total. The summed E-state index contributed by atoms with van der Waals surface area (Å²) >= 11 is 0. The van der Waals surface area contributed by atoms with Crippen molar-refractivity contribution in [1.82, 2.24) is 19.5 Å². The Balaban J connectivity index is 2.26. The van der Waals surface area contributed by atoms with Gasteiger partial charge >= 0.3 is 5.97 Å². The van der Waals surface area contributed by atoms with Crippen molar-refractivity contribution < 1.29 is 22.7 Å². The predicted molar refractivity (Wildman–Crippen MR) is 93.5 cm³/mol. The second-order valence-electron chi connectivity index (χ2n) is 5.68. The van der Waals surface area contributed by atoms with E-state index in [-0.39, 0.29) is 29.7 Å². The molecule has 0 aliphatic rings. The largest absolute Gasteiger partial charge is 0.497 e. The molecule has 0 fully saturated rings. The Morgan fingerprint density at radius 1 is 1.27 bits per heavy atom. The molecule has 9 nitrogen and oxygen atoms in total. The Morgan fingerprint density at radius 2 is 1.88 bits per heavy atom. The van der Waals surface area contributed by atoms with E-state index in [9.17, 15) is 13.2 Å². The van der Waals surface area contributed by atoms with Crippen molar-refractivity contribution in [3.8, 4) is 5.75 Å². The Kier molecular flexibility index (Phi) is 5.98. The third kappa shape index (κ3) is 4.02. The summed E-state index contributed by atoms with van der Waals surface area (Å²) in [6, 6.07) is 3.34. The number of hydrogen-bond acceptors (Lipinski definition) is 7. The maximum absolute atomic E-state index is 13.0. The van der Waals surface area contributed by atoms with E-state index in [4.69, 9.17) is 9.47 Å². The van der Waals surface area contributed by atoms with Gasteiger partial charge in [-0.2, -0.15) is 4.31 Å². The molecule has 0 aliphatic heterocycles. The van der Waals surface area contributed by atoms with Gasteiger partial charge in [0.05, 0.1) is 25.2 Å². The van der Waals surface area contributed by atoms with Gasteiger partial charge in [-0.3, -0.25) is 5.10 Å². The summed E-state index contributed by atoms with van der Waals surface area (Å²) in [5.74, 6) is 0.0330. The third-order valence-electron chi connectivity index (χ3n) is 3.70. The third-order valence-corrected chi connectivity index (χ3v) is 5.81. The number of aryl methyl sites for hydroxylation is 2. The number of rotatable bonds is 7. The average Bonchev–Trinajstić information content (AvgIpc) is 3.02. The van der Waals surface area contributed by atoms with Crippen molar-refractivity contribution in [3.05, 3.63) is 34.9 Å². The fraction of sp³-hybridized carbons (Fsp3) is 0.438. The van der Waals surface area contributed by atoms with Gasteiger partial charge < -0.3 is 9.47 Å². The van der Waals surface area contributed by atoms with Crippen molar-refractivity contribution in [3.63, 3.8) is 0 Å². The molecule has 0 amide bonds. The molecule has 2 aromatic rings. The number of nitrogens with one attached hydrogen (secondary N) is 1. The van der Waals surface area contributed by atoms with E-state index in [1.54, 1.807) is 32.9 Å². The molecule has 2 rings (SSSR count). The van der Waals surface area contributed by atoms with E-state index in [1.165, 1.54) is 14.2 Å². The Morgan fingerprint density at radius 3 is 2.42 bits per heavy atom.